The topological polar surface area (TPSA) is 8.17 Å². The fraction of sp³-hybridized carbons (Fsp3) is 0.0545. The quantitative estimate of drug-likeness (QED) is 0.172. The van der Waals surface area contributed by atoms with Crippen LogP contribution in [0.3, 0.4) is 0 Å². The van der Waals surface area contributed by atoms with E-state index in [2.05, 4.69) is 217 Å². The third-order valence-electron chi connectivity index (χ3n) is 12.4. The first-order valence-electron chi connectivity index (χ1n) is 20.3. The van der Waals surface area contributed by atoms with E-state index < -0.39 is 0 Å². The predicted molar refractivity (Wildman–Crippen MR) is 251 cm³/mol. The fourth-order valence-corrected chi connectivity index (χ4v) is 11.9. The molecule has 12 rings (SSSR count). The van der Waals surface area contributed by atoms with Crippen molar-refractivity contribution in [2.45, 2.75) is 38.8 Å². The number of aromatic nitrogens is 1. The molecule has 2 aliphatic rings. The first-order chi connectivity index (χ1) is 29.0. The molecule has 1 aliphatic heterocycles. The molecule has 280 valence electrons. The van der Waals surface area contributed by atoms with Crippen molar-refractivity contribution < 1.29 is 0 Å². The van der Waals surface area contributed by atoms with Gasteiger partial charge in [0.2, 0.25) is 0 Å². The lowest BCUT2D eigenvalue weighted by molar-refractivity contribution is 0.658. The molecule has 1 aromatic heterocycles. The summed E-state index contributed by atoms with van der Waals surface area (Å²) >= 11 is 3.81. The first kappa shape index (κ1) is 34.6. The average Bonchev–Trinajstić information content (AvgIpc) is 3.73. The van der Waals surface area contributed by atoms with E-state index in [1.165, 1.54) is 91.2 Å². The Morgan fingerprint density at radius 3 is 1.83 bits per heavy atom. The predicted octanol–water partition coefficient (Wildman–Crippen LogP) is 16.0. The number of rotatable bonds is 5. The lowest BCUT2D eigenvalue weighted by Crippen LogP contribution is -2.15. The van der Waals surface area contributed by atoms with Crippen molar-refractivity contribution in [3.05, 3.63) is 205 Å². The molecule has 0 unspecified atom stereocenters. The SMILES string of the molecule is CC1(C)c2cc3c(cc2-c2c1ccc1c4ccccc4n(-c4ccc(-c5ccc(N(c6ccccc6)c6cccc7ccccc67)cc5)cc4)c21)Sc1ccccc1S3. The van der Waals surface area contributed by atoms with Crippen LogP contribution >= 0.6 is 23.5 Å². The van der Waals surface area contributed by atoms with Crippen LogP contribution in [0.4, 0.5) is 17.1 Å². The second-order valence-electron chi connectivity index (χ2n) is 16.1. The molecule has 2 nitrogen and oxygen atoms in total. The van der Waals surface area contributed by atoms with Gasteiger partial charge in [0.1, 0.15) is 0 Å². The molecule has 0 saturated carbocycles. The Balaban J connectivity index is 0.961. The van der Waals surface area contributed by atoms with Crippen LogP contribution in [0.2, 0.25) is 0 Å². The summed E-state index contributed by atoms with van der Waals surface area (Å²) in [7, 11) is 0. The van der Waals surface area contributed by atoms with Gasteiger partial charge in [0.25, 0.3) is 0 Å². The van der Waals surface area contributed by atoms with Crippen molar-refractivity contribution in [2.24, 2.45) is 0 Å². The average molecular weight is 791 g/mol. The summed E-state index contributed by atoms with van der Waals surface area (Å²) in [4.78, 5) is 7.74. The van der Waals surface area contributed by atoms with Gasteiger partial charge >= 0.3 is 0 Å². The van der Waals surface area contributed by atoms with Crippen molar-refractivity contribution in [2.75, 3.05) is 4.90 Å². The highest BCUT2D eigenvalue weighted by Gasteiger charge is 2.39. The molecule has 0 N–H and O–H groups in total. The van der Waals surface area contributed by atoms with E-state index >= 15 is 0 Å². The van der Waals surface area contributed by atoms with Gasteiger partial charge < -0.3 is 9.47 Å². The molecule has 0 spiro atoms. The molecule has 4 heteroatoms. The lowest BCUT2D eigenvalue weighted by Gasteiger charge is -2.27. The van der Waals surface area contributed by atoms with Crippen LogP contribution in [0.25, 0.3) is 60.5 Å². The monoisotopic (exact) mass is 790 g/mol. The van der Waals surface area contributed by atoms with E-state index in [4.69, 9.17) is 0 Å². The molecule has 0 amide bonds. The number of hydrogen-bond acceptors (Lipinski definition) is 3. The van der Waals surface area contributed by atoms with Gasteiger partial charge in [0.15, 0.2) is 0 Å². The van der Waals surface area contributed by atoms with Crippen LogP contribution in [0.1, 0.15) is 25.0 Å². The maximum Gasteiger partial charge on any atom is 0.0622 e. The van der Waals surface area contributed by atoms with Gasteiger partial charge in [0.05, 0.1) is 16.7 Å². The van der Waals surface area contributed by atoms with Crippen molar-refractivity contribution in [3.8, 4) is 27.9 Å². The number of fused-ring (bicyclic) bond motifs is 10. The Kier molecular flexibility index (Phi) is 7.78. The zero-order valence-corrected chi connectivity index (χ0v) is 34.3. The van der Waals surface area contributed by atoms with Gasteiger partial charge in [-0.05, 0) is 106 Å². The first-order valence-corrected chi connectivity index (χ1v) is 21.9. The third-order valence-corrected chi connectivity index (χ3v) is 15.0. The fourth-order valence-electron chi connectivity index (χ4n) is 9.58. The molecule has 0 fully saturated rings. The van der Waals surface area contributed by atoms with Crippen LogP contribution in [-0.2, 0) is 5.41 Å². The van der Waals surface area contributed by atoms with Gasteiger partial charge in [-0.1, -0.05) is 159 Å². The second kappa shape index (κ2) is 13.3. The minimum absolute atomic E-state index is 0.128. The summed E-state index contributed by atoms with van der Waals surface area (Å²) in [6.45, 7) is 4.80. The summed E-state index contributed by atoms with van der Waals surface area (Å²) in [6, 6.07) is 71.5. The molecular formula is C55H38N2S2. The van der Waals surface area contributed by atoms with Crippen molar-refractivity contribution in [1.29, 1.82) is 0 Å². The normalized spacial score (nSPS) is 13.6. The maximum atomic E-state index is 2.51. The molecule has 0 saturated heterocycles. The highest BCUT2D eigenvalue weighted by molar-refractivity contribution is 8.05. The molecule has 10 aromatic rings. The lowest BCUT2D eigenvalue weighted by atomic mass is 9.82. The van der Waals surface area contributed by atoms with E-state index in [0.29, 0.717) is 0 Å². The van der Waals surface area contributed by atoms with E-state index in [9.17, 15) is 0 Å². The maximum absolute atomic E-state index is 2.51. The van der Waals surface area contributed by atoms with Gasteiger partial charge in [-0.25, -0.2) is 0 Å². The molecule has 59 heavy (non-hydrogen) atoms. The minimum Gasteiger partial charge on any atom is -0.310 e. The molecular weight excluding hydrogens is 753 g/mol. The smallest absolute Gasteiger partial charge is 0.0622 e. The van der Waals surface area contributed by atoms with Gasteiger partial charge in [-0.2, -0.15) is 0 Å². The molecule has 9 aromatic carbocycles. The van der Waals surface area contributed by atoms with E-state index in [0.717, 1.165) is 17.1 Å². The molecule has 2 heterocycles. The summed E-state index contributed by atoms with van der Waals surface area (Å²) in [5, 5.41) is 5.03. The number of anilines is 3. The Labute approximate surface area is 352 Å². The number of hydrogen-bond donors (Lipinski definition) is 0. The van der Waals surface area contributed by atoms with Crippen LogP contribution in [0.15, 0.2) is 214 Å². The zero-order valence-electron chi connectivity index (χ0n) is 32.7. The molecule has 0 atom stereocenters. The van der Waals surface area contributed by atoms with Crippen molar-refractivity contribution in [1.82, 2.24) is 4.57 Å². The number of nitrogens with zero attached hydrogens (tertiary/aromatic N) is 2. The number of benzene rings is 9. The molecule has 0 radical (unpaired) electrons. The number of para-hydroxylation sites is 2. The largest absolute Gasteiger partial charge is 0.310 e. The highest BCUT2D eigenvalue weighted by atomic mass is 32.2. The van der Waals surface area contributed by atoms with E-state index in [1.807, 2.05) is 23.5 Å². The summed E-state index contributed by atoms with van der Waals surface area (Å²) in [6.07, 6.45) is 0. The van der Waals surface area contributed by atoms with Crippen LogP contribution < -0.4 is 4.90 Å². The highest BCUT2D eigenvalue weighted by Crippen LogP contribution is 2.57. The Morgan fingerprint density at radius 2 is 1.07 bits per heavy atom. The Hall–Kier alpha value is -6.46. The standard InChI is InChI=1S/C55H38N2S2/c1-55(2)45-32-31-43-42-18-8-9-19-48(42)57(54(43)53(45)44-33-51-52(34-46(44)55)59-50-22-11-10-21-49(50)58-51)40-29-25-36(26-30-40)35-23-27-39(28-24-35)56(38-15-4-3-5-16-38)47-20-12-14-37-13-6-7-17-41(37)47/h3-34H,1-2H3. The van der Waals surface area contributed by atoms with Crippen LogP contribution in [0.5, 0.6) is 0 Å². The van der Waals surface area contributed by atoms with Crippen molar-refractivity contribution in [3.63, 3.8) is 0 Å². The Morgan fingerprint density at radius 1 is 0.458 bits per heavy atom. The van der Waals surface area contributed by atoms with Crippen LogP contribution in [0, 0.1) is 0 Å². The zero-order chi connectivity index (χ0) is 39.2. The van der Waals surface area contributed by atoms with Crippen LogP contribution in [-0.4, -0.2) is 4.57 Å². The van der Waals surface area contributed by atoms with Gasteiger partial charge in [-0.3, -0.25) is 0 Å². The van der Waals surface area contributed by atoms with Crippen molar-refractivity contribution >= 4 is 73.2 Å². The summed E-state index contributed by atoms with van der Waals surface area (Å²) < 4.78 is 2.51. The second-order valence-corrected chi connectivity index (χ2v) is 18.3. The van der Waals surface area contributed by atoms with E-state index in [-0.39, 0.29) is 5.41 Å². The molecule has 0 bridgehead atoms. The minimum atomic E-state index is -0.128. The van der Waals surface area contributed by atoms with Gasteiger partial charge in [0, 0.05) is 63.8 Å². The summed E-state index contributed by atoms with van der Waals surface area (Å²) in [5.41, 5.74) is 14.9. The summed E-state index contributed by atoms with van der Waals surface area (Å²) in [5.74, 6) is 0. The Bertz CT molecular complexity index is 3280. The third kappa shape index (κ3) is 5.37. The van der Waals surface area contributed by atoms with E-state index in [1.54, 1.807) is 0 Å². The molecule has 1 aliphatic carbocycles. The van der Waals surface area contributed by atoms with Gasteiger partial charge in [-0.15, -0.1) is 0 Å².